The topological polar surface area (TPSA) is 98.2 Å². The van der Waals surface area contributed by atoms with E-state index in [4.69, 9.17) is 11.5 Å². The lowest BCUT2D eigenvalue weighted by atomic mass is 10.1. The van der Waals surface area contributed by atoms with Gasteiger partial charge in [-0.05, 0) is 31.5 Å². The number of primary amides is 1. The second-order valence-electron chi connectivity index (χ2n) is 4.24. The molecule has 1 atom stereocenters. The maximum absolute atomic E-state index is 13.7. The molecule has 1 aromatic carbocycles. The van der Waals surface area contributed by atoms with Crippen LogP contribution in [0.3, 0.4) is 0 Å². The van der Waals surface area contributed by atoms with E-state index in [0.29, 0.717) is 11.3 Å². The number of nitrogens with two attached hydrogens (primary N) is 2. The monoisotopic (exact) mass is 253 g/mol. The van der Waals surface area contributed by atoms with Crippen LogP contribution < -0.4 is 16.8 Å². The molecule has 1 rings (SSSR count). The molecule has 98 valence electrons. The minimum absolute atomic E-state index is 0.00530. The number of hydrogen-bond acceptors (Lipinski definition) is 3. The Balaban J connectivity index is 2.88. The normalized spacial score (nSPS) is 11.9. The molecule has 5 N–H and O–H groups in total. The van der Waals surface area contributed by atoms with Crippen molar-refractivity contribution in [3.05, 3.63) is 29.1 Å². The molecule has 18 heavy (non-hydrogen) atoms. The molecule has 2 amide bonds. The summed E-state index contributed by atoms with van der Waals surface area (Å²) in [4.78, 5) is 22.5. The van der Waals surface area contributed by atoms with Crippen LogP contribution in [0.15, 0.2) is 12.1 Å². The van der Waals surface area contributed by atoms with E-state index in [1.54, 1.807) is 6.92 Å². The highest BCUT2D eigenvalue weighted by Gasteiger charge is 2.17. The molecule has 0 saturated carbocycles. The van der Waals surface area contributed by atoms with Crippen LogP contribution in [-0.2, 0) is 4.79 Å². The van der Waals surface area contributed by atoms with Crippen LogP contribution in [0.1, 0.15) is 29.3 Å². The Kier molecular flexibility index (Phi) is 4.25. The van der Waals surface area contributed by atoms with Gasteiger partial charge in [0.25, 0.3) is 5.91 Å². The van der Waals surface area contributed by atoms with E-state index < -0.39 is 23.7 Å². The van der Waals surface area contributed by atoms with Crippen molar-refractivity contribution in [3.8, 4) is 0 Å². The van der Waals surface area contributed by atoms with Crippen molar-refractivity contribution in [1.82, 2.24) is 5.32 Å². The van der Waals surface area contributed by atoms with Crippen molar-refractivity contribution in [3.63, 3.8) is 0 Å². The van der Waals surface area contributed by atoms with Gasteiger partial charge in [-0.1, -0.05) is 0 Å². The fraction of sp³-hybridized carbons (Fsp3) is 0.333. The third-order valence-electron chi connectivity index (χ3n) is 2.41. The molecule has 0 aliphatic heterocycles. The highest BCUT2D eigenvalue weighted by atomic mass is 19.1. The van der Waals surface area contributed by atoms with Crippen molar-refractivity contribution in [1.29, 1.82) is 0 Å². The molecule has 5 nitrogen and oxygen atoms in total. The van der Waals surface area contributed by atoms with Crippen LogP contribution in [-0.4, -0.2) is 17.9 Å². The fourth-order valence-electron chi connectivity index (χ4n) is 1.62. The van der Waals surface area contributed by atoms with Crippen molar-refractivity contribution in [2.24, 2.45) is 5.73 Å². The molecule has 0 heterocycles. The van der Waals surface area contributed by atoms with Gasteiger partial charge < -0.3 is 16.8 Å². The van der Waals surface area contributed by atoms with Crippen molar-refractivity contribution in [2.45, 2.75) is 26.3 Å². The molecule has 0 aliphatic carbocycles. The third kappa shape index (κ3) is 3.44. The number of nitrogen functional groups attached to an aromatic ring is 1. The number of anilines is 1. The highest BCUT2D eigenvalue weighted by molar-refractivity contribution is 5.96. The van der Waals surface area contributed by atoms with E-state index in [1.807, 2.05) is 0 Å². The zero-order valence-corrected chi connectivity index (χ0v) is 10.3. The van der Waals surface area contributed by atoms with Gasteiger partial charge >= 0.3 is 0 Å². The minimum atomic E-state index is -0.618. The summed E-state index contributed by atoms with van der Waals surface area (Å²) in [6.07, 6.45) is -0.00530. The van der Waals surface area contributed by atoms with Gasteiger partial charge in [0, 0.05) is 18.2 Å². The second kappa shape index (κ2) is 5.48. The van der Waals surface area contributed by atoms with Crippen molar-refractivity contribution < 1.29 is 14.0 Å². The Morgan fingerprint density at radius 2 is 2.06 bits per heavy atom. The molecule has 0 bridgehead atoms. The van der Waals surface area contributed by atoms with E-state index in [-0.39, 0.29) is 12.0 Å². The summed E-state index contributed by atoms with van der Waals surface area (Å²) >= 11 is 0. The van der Waals surface area contributed by atoms with Crippen LogP contribution in [0, 0.1) is 12.7 Å². The molecule has 0 saturated heterocycles. The van der Waals surface area contributed by atoms with E-state index in [9.17, 15) is 14.0 Å². The number of nitrogens with one attached hydrogen (secondary N) is 1. The summed E-state index contributed by atoms with van der Waals surface area (Å²) in [6, 6.07) is 2.24. The summed E-state index contributed by atoms with van der Waals surface area (Å²) in [5.74, 6) is -1.77. The highest BCUT2D eigenvalue weighted by Crippen LogP contribution is 2.17. The number of aryl methyl sites for hydroxylation is 1. The van der Waals surface area contributed by atoms with Crippen molar-refractivity contribution in [2.75, 3.05) is 5.73 Å². The number of hydrogen-bond donors (Lipinski definition) is 3. The van der Waals surface area contributed by atoms with Gasteiger partial charge in [0.05, 0.1) is 5.56 Å². The molecule has 0 aromatic heterocycles. The average molecular weight is 253 g/mol. The summed E-state index contributed by atoms with van der Waals surface area (Å²) in [6.45, 7) is 3.13. The third-order valence-corrected chi connectivity index (χ3v) is 2.41. The molecular weight excluding hydrogens is 237 g/mol. The van der Waals surface area contributed by atoms with Crippen LogP contribution in [0.25, 0.3) is 0 Å². The predicted octanol–water partition coefficient (Wildman–Crippen LogP) is 0.710. The summed E-state index contributed by atoms with van der Waals surface area (Å²) in [5, 5.41) is 2.49. The molecule has 0 aliphatic rings. The van der Waals surface area contributed by atoms with E-state index in [2.05, 4.69) is 5.32 Å². The van der Waals surface area contributed by atoms with Crippen molar-refractivity contribution >= 4 is 17.5 Å². The maximum Gasteiger partial charge on any atom is 0.254 e. The van der Waals surface area contributed by atoms with Crippen LogP contribution >= 0.6 is 0 Å². The molecule has 0 fully saturated rings. The Morgan fingerprint density at radius 1 is 1.44 bits per heavy atom. The number of halogens is 1. The lowest BCUT2D eigenvalue weighted by Gasteiger charge is -2.13. The zero-order chi connectivity index (χ0) is 13.9. The molecule has 1 aromatic rings. The first-order valence-corrected chi connectivity index (χ1v) is 5.46. The Labute approximate surface area is 104 Å². The first kappa shape index (κ1) is 14.0. The number of carbonyl (C=O) groups excluding carboxylic acids is 2. The van der Waals surface area contributed by atoms with E-state index in [0.717, 1.165) is 0 Å². The van der Waals surface area contributed by atoms with Gasteiger partial charge in [0.1, 0.15) is 5.82 Å². The van der Waals surface area contributed by atoms with Crippen LogP contribution in [0.5, 0.6) is 0 Å². The molecule has 0 radical (unpaired) electrons. The quantitative estimate of drug-likeness (QED) is 0.689. The van der Waals surface area contributed by atoms with E-state index >= 15 is 0 Å². The number of carbonyl (C=O) groups is 2. The molecular formula is C12H16FN3O2. The smallest absolute Gasteiger partial charge is 0.254 e. The average Bonchev–Trinajstić information content (AvgIpc) is 2.21. The fourth-order valence-corrected chi connectivity index (χ4v) is 1.62. The molecule has 1 unspecified atom stereocenters. The Morgan fingerprint density at radius 3 is 2.61 bits per heavy atom. The lowest BCUT2D eigenvalue weighted by Crippen LogP contribution is -2.36. The summed E-state index contributed by atoms with van der Waals surface area (Å²) in [5.41, 5.74) is 11.0. The van der Waals surface area contributed by atoms with Gasteiger partial charge in [-0.15, -0.1) is 0 Å². The predicted molar refractivity (Wildman–Crippen MR) is 66.3 cm³/mol. The SMILES string of the molecule is Cc1cc(N)cc(C(=O)NC(C)CC(N)=O)c1F. The van der Waals surface area contributed by atoms with Gasteiger partial charge in [0.15, 0.2) is 0 Å². The number of rotatable bonds is 4. The largest absolute Gasteiger partial charge is 0.399 e. The lowest BCUT2D eigenvalue weighted by molar-refractivity contribution is -0.118. The minimum Gasteiger partial charge on any atom is -0.399 e. The van der Waals surface area contributed by atoms with Gasteiger partial charge in [-0.3, -0.25) is 9.59 Å². The van der Waals surface area contributed by atoms with Crippen LogP contribution in [0.4, 0.5) is 10.1 Å². The standard InChI is InChI=1S/C12H16FN3O2/c1-6-3-8(14)5-9(11(6)13)12(18)16-7(2)4-10(15)17/h3,5,7H,4,14H2,1-2H3,(H2,15,17)(H,16,18). The second-order valence-corrected chi connectivity index (χ2v) is 4.24. The van der Waals surface area contributed by atoms with Gasteiger partial charge in [-0.25, -0.2) is 4.39 Å². The van der Waals surface area contributed by atoms with Crippen LogP contribution in [0.2, 0.25) is 0 Å². The summed E-state index contributed by atoms with van der Waals surface area (Å²) < 4.78 is 13.7. The number of amides is 2. The first-order valence-electron chi connectivity index (χ1n) is 5.46. The first-order chi connectivity index (χ1) is 8.31. The maximum atomic E-state index is 13.7. The Hall–Kier alpha value is -2.11. The molecule has 6 heteroatoms. The van der Waals surface area contributed by atoms with Gasteiger partial charge in [-0.2, -0.15) is 0 Å². The number of benzene rings is 1. The summed E-state index contributed by atoms with van der Waals surface area (Å²) in [7, 11) is 0. The van der Waals surface area contributed by atoms with Gasteiger partial charge in [0.2, 0.25) is 5.91 Å². The molecule has 0 spiro atoms. The Bertz CT molecular complexity index is 488. The van der Waals surface area contributed by atoms with E-state index in [1.165, 1.54) is 19.1 Å². The zero-order valence-electron chi connectivity index (χ0n) is 10.3.